The third-order valence-electron chi connectivity index (χ3n) is 2.33. The van der Waals surface area contributed by atoms with Gasteiger partial charge in [-0.15, -0.1) is 11.3 Å². The minimum atomic E-state index is -0.243. The van der Waals surface area contributed by atoms with Crippen LogP contribution in [0.2, 0.25) is 0 Å². The highest BCUT2D eigenvalue weighted by Gasteiger charge is 2.13. The van der Waals surface area contributed by atoms with E-state index in [9.17, 15) is 4.79 Å². The number of aryl methyl sites for hydroxylation is 1. The first-order chi connectivity index (χ1) is 9.10. The molecule has 0 aliphatic rings. The molecule has 4 N–H and O–H groups in total. The molecule has 6 nitrogen and oxygen atoms in total. The molecule has 0 fully saturated rings. The van der Waals surface area contributed by atoms with Crippen molar-refractivity contribution < 1.29 is 4.79 Å². The summed E-state index contributed by atoms with van der Waals surface area (Å²) in [6.45, 7) is 2.35. The molecule has 0 saturated heterocycles. The summed E-state index contributed by atoms with van der Waals surface area (Å²) >= 11 is 4.82. The van der Waals surface area contributed by atoms with E-state index in [1.807, 2.05) is 6.92 Å². The van der Waals surface area contributed by atoms with Crippen LogP contribution in [0.25, 0.3) is 0 Å². The molecular formula is C11H12BrN5OS. The Labute approximate surface area is 122 Å². The van der Waals surface area contributed by atoms with E-state index in [0.717, 1.165) is 9.88 Å². The number of hydrogen-bond acceptors (Lipinski definition) is 6. The van der Waals surface area contributed by atoms with Crippen LogP contribution in [0, 0.1) is 6.92 Å². The molecule has 2 rings (SSSR count). The Bertz CT molecular complexity index is 601. The second-order valence-corrected chi connectivity index (χ2v) is 5.96. The lowest BCUT2D eigenvalue weighted by molar-refractivity contribution is 0.0951. The Kier molecular flexibility index (Phi) is 4.46. The number of hydrazine groups is 1. The van der Waals surface area contributed by atoms with Crippen molar-refractivity contribution in [3.8, 4) is 0 Å². The van der Waals surface area contributed by atoms with Crippen molar-refractivity contribution in [2.75, 3.05) is 5.43 Å². The van der Waals surface area contributed by atoms with Crippen molar-refractivity contribution in [1.29, 1.82) is 0 Å². The number of carbonyl (C=O) groups excluding carboxylic acids is 1. The number of nitrogens with zero attached hydrogens (tertiary/aromatic N) is 2. The summed E-state index contributed by atoms with van der Waals surface area (Å²) in [5.41, 5.74) is 2.79. The van der Waals surface area contributed by atoms with E-state index in [0.29, 0.717) is 22.4 Å². The lowest BCUT2D eigenvalue weighted by Gasteiger charge is -2.08. The van der Waals surface area contributed by atoms with Gasteiger partial charge in [0.1, 0.15) is 0 Å². The van der Waals surface area contributed by atoms with E-state index in [2.05, 4.69) is 36.6 Å². The van der Waals surface area contributed by atoms with Crippen LogP contribution >= 0.6 is 27.3 Å². The summed E-state index contributed by atoms with van der Waals surface area (Å²) in [7, 11) is 0. The second kappa shape index (κ2) is 6.09. The molecule has 0 atom stereocenters. The standard InChI is InChI=1S/C11H12BrN5OS/c1-6-14-4-8(19-6)5-16-11(18)9-2-7(12)3-15-10(9)17-13/h2-4H,5,13H2,1H3,(H,15,17)(H,16,18). The summed E-state index contributed by atoms with van der Waals surface area (Å²) in [4.78, 5) is 21.2. The topological polar surface area (TPSA) is 92.9 Å². The Morgan fingerprint density at radius 3 is 2.89 bits per heavy atom. The smallest absolute Gasteiger partial charge is 0.255 e. The zero-order valence-electron chi connectivity index (χ0n) is 10.1. The molecule has 0 aliphatic heterocycles. The van der Waals surface area contributed by atoms with Gasteiger partial charge in [-0.25, -0.2) is 15.8 Å². The van der Waals surface area contributed by atoms with Gasteiger partial charge in [-0.05, 0) is 28.9 Å². The van der Waals surface area contributed by atoms with Crippen LogP contribution in [0.5, 0.6) is 0 Å². The Morgan fingerprint density at radius 1 is 1.47 bits per heavy atom. The lowest BCUT2D eigenvalue weighted by atomic mass is 10.2. The number of rotatable bonds is 4. The molecule has 0 aliphatic carbocycles. The SMILES string of the molecule is Cc1ncc(CNC(=O)c2cc(Br)cnc2NN)s1. The van der Waals surface area contributed by atoms with Gasteiger partial charge < -0.3 is 10.7 Å². The van der Waals surface area contributed by atoms with Crippen molar-refractivity contribution in [1.82, 2.24) is 15.3 Å². The molecule has 0 radical (unpaired) electrons. The second-order valence-electron chi connectivity index (χ2n) is 3.72. The Morgan fingerprint density at radius 2 is 2.26 bits per heavy atom. The number of anilines is 1. The minimum absolute atomic E-state index is 0.243. The lowest BCUT2D eigenvalue weighted by Crippen LogP contribution is -2.25. The molecule has 0 aromatic carbocycles. The number of nitrogen functional groups attached to an aromatic ring is 1. The van der Waals surface area contributed by atoms with E-state index in [1.54, 1.807) is 29.8 Å². The largest absolute Gasteiger partial charge is 0.347 e. The first-order valence-electron chi connectivity index (χ1n) is 5.42. The number of halogens is 1. The molecule has 0 bridgehead atoms. The molecule has 2 aromatic heterocycles. The monoisotopic (exact) mass is 341 g/mol. The Balaban J connectivity index is 2.09. The van der Waals surface area contributed by atoms with Crippen LogP contribution in [0.3, 0.4) is 0 Å². The zero-order chi connectivity index (χ0) is 13.8. The summed E-state index contributed by atoms with van der Waals surface area (Å²) in [6.07, 6.45) is 3.32. The average molecular weight is 342 g/mol. The molecular weight excluding hydrogens is 330 g/mol. The minimum Gasteiger partial charge on any atom is -0.347 e. The molecule has 0 unspecified atom stereocenters. The molecule has 1 amide bonds. The number of nitrogens with one attached hydrogen (secondary N) is 2. The van der Waals surface area contributed by atoms with Crippen molar-refractivity contribution >= 4 is 39.0 Å². The zero-order valence-corrected chi connectivity index (χ0v) is 12.5. The van der Waals surface area contributed by atoms with Gasteiger partial charge in [0.25, 0.3) is 5.91 Å². The van der Waals surface area contributed by atoms with Crippen LogP contribution in [0.4, 0.5) is 5.82 Å². The van der Waals surface area contributed by atoms with Crippen LogP contribution < -0.4 is 16.6 Å². The third kappa shape index (κ3) is 3.49. The summed E-state index contributed by atoms with van der Waals surface area (Å²) in [5.74, 6) is 5.43. The van der Waals surface area contributed by atoms with Gasteiger partial charge in [-0.3, -0.25) is 4.79 Å². The number of pyridine rings is 1. The fourth-order valence-corrected chi connectivity index (χ4v) is 2.54. The van der Waals surface area contributed by atoms with Crippen molar-refractivity contribution in [3.05, 3.63) is 38.4 Å². The maximum atomic E-state index is 12.1. The third-order valence-corrected chi connectivity index (χ3v) is 3.67. The normalized spacial score (nSPS) is 10.3. The van der Waals surface area contributed by atoms with Crippen LogP contribution in [0.15, 0.2) is 22.9 Å². The van der Waals surface area contributed by atoms with E-state index in [4.69, 9.17) is 5.84 Å². The first kappa shape index (κ1) is 13.9. The summed E-state index contributed by atoms with van der Waals surface area (Å²) < 4.78 is 0.713. The van der Waals surface area contributed by atoms with Gasteiger partial charge in [0.2, 0.25) is 0 Å². The van der Waals surface area contributed by atoms with Gasteiger partial charge in [0, 0.05) is 21.7 Å². The van der Waals surface area contributed by atoms with Gasteiger partial charge in [-0.1, -0.05) is 0 Å². The van der Waals surface area contributed by atoms with E-state index in [-0.39, 0.29) is 5.91 Å². The number of carbonyl (C=O) groups is 1. The molecule has 100 valence electrons. The number of aromatic nitrogens is 2. The molecule has 0 spiro atoms. The quantitative estimate of drug-likeness (QED) is 0.582. The highest BCUT2D eigenvalue weighted by Crippen LogP contribution is 2.17. The summed E-state index contributed by atoms with van der Waals surface area (Å²) in [5, 5.41) is 3.78. The first-order valence-corrected chi connectivity index (χ1v) is 7.02. The predicted octanol–water partition coefficient (Wildman–Crippen LogP) is 1.82. The predicted molar refractivity (Wildman–Crippen MR) is 77.8 cm³/mol. The molecule has 2 heterocycles. The van der Waals surface area contributed by atoms with Crippen LogP contribution in [-0.4, -0.2) is 15.9 Å². The number of hydrogen-bond donors (Lipinski definition) is 3. The number of amides is 1. The summed E-state index contributed by atoms with van der Waals surface area (Å²) in [6, 6.07) is 1.66. The molecule has 19 heavy (non-hydrogen) atoms. The fraction of sp³-hybridized carbons (Fsp3) is 0.182. The highest BCUT2D eigenvalue weighted by molar-refractivity contribution is 9.10. The van der Waals surface area contributed by atoms with Crippen molar-refractivity contribution in [2.24, 2.45) is 5.84 Å². The average Bonchev–Trinajstić information content (AvgIpc) is 2.81. The van der Waals surface area contributed by atoms with Crippen LogP contribution in [0.1, 0.15) is 20.2 Å². The highest BCUT2D eigenvalue weighted by atomic mass is 79.9. The van der Waals surface area contributed by atoms with E-state index >= 15 is 0 Å². The molecule has 2 aromatic rings. The van der Waals surface area contributed by atoms with Gasteiger partial charge in [0.05, 0.1) is 17.1 Å². The van der Waals surface area contributed by atoms with Crippen LogP contribution in [-0.2, 0) is 6.54 Å². The van der Waals surface area contributed by atoms with E-state index < -0.39 is 0 Å². The molecule has 8 heteroatoms. The number of nitrogens with two attached hydrogens (primary N) is 1. The van der Waals surface area contributed by atoms with E-state index in [1.165, 1.54) is 0 Å². The van der Waals surface area contributed by atoms with Crippen molar-refractivity contribution in [2.45, 2.75) is 13.5 Å². The van der Waals surface area contributed by atoms with Gasteiger partial charge >= 0.3 is 0 Å². The van der Waals surface area contributed by atoms with Gasteiger partial charge in [-0.2, -0.15) is 0 Å². The Hall–Kier alpha value is -1.51. The maximum Gasteiger partial charge on any atom is 0.255 e. The molecule has 0 saturated carbocycles. The van der Waals surface area contributed by atoms with Gasteiger partial charge in [0.15, 0.2) is 5.82 Å². The fourth-order valence-electron chi connectivity index (χ4n) is 1.48. The maximum absolute atomic E-state index is 12.1. The number of thiazole rings is 1. The van der Waals surface area contributed by atoms with Crippen molar-refractivity contribution in [3.63, 3.8) is 0 Å².